The first-order valence-corrected chi connectivity index (χ1v) is 6.83. The maximum Gasteiger partial charge on any atom is 0.317 e. The molecule has 1 aromatic carbocycles. The number of ether oxygens (including phenoxy) is 3. The van der Waals surface area contributed by atoms with Crippen LogP contribution in [0.25, 0.3) is 0 Å². The topological polar surface area (TPSA) is 82.6 Å². The monoisotopic (exact) mass is 301 g/mol. The van der Waals surface area contributed by atoms with E-state index in [-0.39, 0.29) is 18.5 Å². The molecule has 114 valence electrons. The van der Waals surface area contributed by atoms with E-state index in [1.54, 1.807) is 30.5 Å². The lowest BCUT2D eigenvalue weighted by Crippen LogP contribution is -2.21. The van der Waals surface area contributed by atoms with Gasteiger partial charge >= 0.3 is 6.01 Å². The molecule has 3 rings (SSSR count). The number of nitrogens with zero attached hydrogens (tertiary/aromatic N) is 2. The van der Waals surface area contributed by atoms with E-state index in [1.807, 2.05) is 6.92 Å². The lowest BCUT2D eigenvalue weighted by atomic mass is 10.2. The van der Waals surface area contributed by atoms with Crippen molar-refractivity contribution >= 4 is 11.6 Å². The first-order valence-electron chi connectivity index (χ1n) is 6.83. The maximum atomic E-state index is 11.9. The summed E-state index contributed by atoms with van der Waals surface area (Å²) >= 11 is 0. The molecule has 0 saturated carbocycles. The summed E-state index contributed by atoms with van der Waals surface area (Å²) in [5.41, 5.74) is 1.39. The van der Waals surface area contributed by atoms with Gasteiger partial charge in [-0.3, -0.25) is 4.79 Å². The highest BCUT2D eigenvalue weighted by atomic mass is 16.6. The number of benzene rings is 1. The standard InChI is InChI=1S/C15H15N3O4/c1-10-4-5-16-15(17-10)22-9-14(19)18-11-2-3-12-13(8-11)21-7-6-20-12/h2-5,8H,6-7,9H2,1H3,(H,18,19). The number of nitrogens with one attached hydrogen (secondary N) is 1. The molecular formula is C15H15N3O4. The molecule has 1 aliphatic rings. The Balaban J connectivity index is 1.57. The molecule has 0 fully saturated rings. The van der Waals surface area contributed by atoms with Gasteiger partial charge in [-0.1, -0.05) is 0 Å². The van der Waals surface area contributed by atoms with Gasteiger partial charge < -0.3 is 19.5 Å². The van der Waals surface area contributed by atoms with Crippen LogP contribution in [0.4, 0.5) is 5.69 Å². The number of carbonyl (C=O) groups is 1. The predicted octanol–water partition coefficient (Wildman–Crippen LogP) is 1.57. The minimum Gasteiger partial charge on any atom is -0.486 e. The average molecular weight is 301 g/mol. The summed E-state index contributed by atoms with van der Waals surface area (Å²) in [6.45, 7) is 2.68. The molecule has 0 spiro atoms. The summed E-state index contributed by atoms with van der Waals surface area (Å²) in [7, 11) is 0. The summed E-state index contributed by atoms with van der Waals surface area (Å²) in [6, 6.07) is 7.15. The zero-order valence-electron chi connectivity index (χ0n) is 12.0. The second-order valence-electron chi connectivity index (χ2n) is 4.68. The Labute approximate surface area is 127 Å². The Morgan fingerprint density at radius 1 is 1.27 bits per heavy atom. The molecule has 2 heterocycles. The fourth-order valence-corrected chi connectivity index (χ4v) is 1.94. The number of fused-ring (bicyclic) bond motifs is 1. The number of rotatable bonds is 4. The third-order valence-electron chi connectivity index (χ3n) is 2.93. The van der Waals surface area contributed by atoms with Crippen molar-refractivity contribution in [2.24, 2.45) is 0 Å². The molecule has 0 saturated heterocycles. The van der Waals surface area contributed by atoms with Crippen molar-refractivity contribution in [3.63, 3.8) is 0 Å². The molecule has 22 heavy (non-hydrogen) atoms. The Morgan fingerprint density at radius 3 is 2.91 bits per heavy atom. The normalized spacial score (nSPS) is 12.6. The van der Waals surface area contributed by atoms with E-state index in [1.165, 1.54) is 0 Å². The number of anilines is 1. The summed E-state index contributed by atoms with van der Waals surface area (Å²) in [5.74, 6) is 0.988. The second kappa shape index (κ2) is 6.30. The van der Waals surface area contributed by atoms with Crippen LogP contribution in [0.15, 0.2) is 30.5 Å². The van der Waals surface area contributed by atoms with E-state index in [0.717, 1.165) is 5.69 Å². The number of hydrogen-bond acceptors (Lipinski definition) is 6. The quantitative estimate of drug-likeness (QED) is 0.923. The third-order valence-corrected chi connectivity index (χ3v) is 2.93. The van der Waals surface area contributed by atoms with Crippen LogP contribution in [0.1, 0.15) is 5.69 Å². The van der Waals surface area contributed by atoms with Crippen LogP contribution in [0, 0.1) is 6.92 Å². The molecule has 7 heteroatoms. The van der Waals surface area contributed by atoms with E-state index in [0.29, 0.717) is 30.4 Å². The van der Waals surface area contributed by atoms with Crippen molar-refractivity contribution < 1.29 is 19.0 Å². The zero-order chi connectivity index (χ0) is 15.4. The van der Waals surface area contributed by atoms with Crippen molar-refractivity contribution in [2.45, 2.75) is 6.92 Å². The van der Waals surface area contributed by atoms with Crippen LogP contribution in [-0.4, -0.2) is 35.7 Å². The fraction of sp³-hybridized carbons (Fsp3) is 0.267. The Morgan fingerprint density at radius 2 is 2.09 bits per heavy atom. The molecule has 1 aliphatic heterocycles. The van der Waals surface area contributed by atoms with E-state index in [9.17, 15) is 4.79 Å². The first kappa shape index (κ1) is 14.1. The average Bonchev–Trinajstić information content (AvgIpc) is 2.53. The first-order chi connectivity index (χ1) is 10.7. The van der Waals surface area contributed by atoms with Gasteiger partial charge in [-0.25, -0.2) is 9.97 Å². The minimum atomic E-state index is -0.304. The molecule has 0 atom stereocenters. The Hall–Kier alpha value is -2.83. The minimum absolute atomic E-state index is 0.169. The highest BCUT2D eigenvalue weighted by Gasteiger charge is 2.13. The van der Waals surface area contributed by atoms with E-state index in [2.05, 4.69) is 15.3 Å². The van der Waals surface area contributed by atoms with Gasteiger partial charge in [-0.2, -0.15) is 0 Å². The zero-order valence-corrected chi connectivity index (χ0v) is 12.0. The molecule has 1 aromatic heterocycles. The number of aryl methyl sites for hydroxylation is 1. The predicted molar refractivity (Wildman–Crippen MR) is 78.3 cm³/mol. The molecule has 2 aromatic rings. The van der Waals surface area contributed by atoms with Gasteiger partial charge in [0.1, 0.15) is 13.2 Å². The van der Waals surface area contributed by atoms with Crippen molar-refractivity contribution in [2.75, 3.05) is 25.1 Å². The SMILES string of the molecule is Cc1ccnc(OCC(=O)Nc2ccc3c(c2)OCCO3)n1. The lowest BCUT2D eigenvalue weighted by Gasteiger charge is -2.19. The Kier molecular flexibility index (Phi) is 4.04. The largest absolute Gasteiger partial charge is 0.486 e. The maximum absolute atomic E-state index is 11.9. The van der Waals surface area contributed by atoms with E-state index >= 15 is 0 Å². The van der Waals surface area contributed by atoms with Crippen LogP contribution in [-0.2, 0) is 4.79 Å². The molecule has 0 unspecified atom stereocenters. The summed E-state index contributed by atoms with van der Waals surface area (Å²) in [6.07, 6.45) is 1.58. The highest BCUT2D eigenvalue weighted by molar-refractivity contribution is 5.92. The van der Waals surface area contributed by atoms with Crippen LogP contribution in [0.3, 0.4) is 0 Å². The highest BCUT2D eigenvalue weighted by Crippen LogP contribution is 2.32. The van der Waals surface area contributed by atoms with Gasteiger partial charge in [0.05, 0.1) is 0 Å². The summed E-state index contributed by atoms with van der Waals surface area (Å²) < 4.78 is 16.1. The third kappa shape index (κ3) is 3.43. The molecule has 0 bridgehead atoms. The molecule has 7 nitrogen and oxygen atoms in total. The molecule has 1 N–H and O–H groups in total. The summed E-state index contributed by atoms with van der Waals surface area (Å²) in [4.78, 5) is 19.9. The molecule has 1 amide bonds. The molecule has 0 radical (unpaired) electrons. The van der Waals surface area contributed by atoms with Crippen molar-refractivity contribution in [3.8, 4) is 17.5 Å². The number of hydrogen-bond donors (Lipinski definition) is 1. The summed E-state index contributed by atoms with van der Waals surface area (Å²) in [5, 5.41) is 2.72. The molecular weight excluding hydrogens is 286 g/mol. The smallest absolute Gasteiger partial charge is 0.317 e. The van der Waals surface area contributed by atoms with Crippen LogP contribution >= 0.6 is 0 Å². The van der Waals surface area contributed by atoms with Gasteiger partial charge in [-0.15, -0.1) is 0 Å². The van der Waals surface area contributed by atoms with Gasteiger partial charge in [0.2, 0.25) is 0 Å². The van der Waals surface area contributed by atoms with Crippen molar-refractivity contribution in [3.05, 3.63) is 36.2 Å². The van der Waals surface area contributed by atoms with E-state index < -0.39 is 0 Å². The van der Waals surface area contributed by atoms with Gasteiger partial charge in [0.25, 0.3) is 5.91 Å². The van der Waals surface area contributed by atoms with E-state index in [4.69, 9.17) is 14.2 Å². The lowest BCUT2D eigenvalue weighted by molar-refractivity contribution is -0.118. The van der Waals surface area contributed by atoms with Gasteiger partial charge in [0.15, 0.2) is 18.1 Å². The second-order valence-corrected chi connectivity index (χ2v) is 4.68. The van der Waals surface area contributed by atoms with Crippen LogP contribution < -0.4 is 19.5 Å². The molecule has 0 aliphatic carbocycles. The van der Waals surface area contributed by atoms with Crippen LogP contribution in [0.5, 0.6) is 17.5 Å². The van der Waals surface area contributed by atoms with Gasteiger partial charge in [0, 0.05) is 23.6 Å². The van der Waals surface area contributed by atoms with Gasteiger partial charge in [-0.05, 0) is 25.1 Å². The number of amides is 1. The van der Waals surface area contributed by atoms with Crippen molar-refractivity contribution in [1.29, 1.82) is 0 Å². The fourth-order valence-electron chi connectivity index (χ4n) is 1.94. The number of aromatic nitrogens is 2. The van der Waals surface area contributed by atoms with Crippen LogP contribution in [0.2, 0.25) is 0 Å². The number of carbonyl (C=O) groups excluding carboxylic acids is 1. The van der Waals surface area contributed by atoms with Crippen molar-refractivity contribution in [1.82, 2.24) is 9.97 Å². The Bertz CT molecular complexity index is 690.